The lowest BCUT2D eigenvalue weighted by atomic mass is 9.80. The van der Waals surface area contributed by atoms with E-state index in [0.717, 1.165) is 12.2 Å². The largest absolute Gasteiger partial charge is 0.339 e. The zero-order valence-electron chi connectivity index (χ0n) is 11.2. The third kappa shape index (κ3) is 2.68. The molecule has 2 heterocycles. The molecule has 5 nitrogen and oxygen atoms in total. The van der Waals surface area contributed by atoms with E-state index in [0.29, 0.717) is 24.1 Å². The number of rotatable bonds is 2. The van der Waals surface area contributed by atoms with Crippen molar-refractivity contribution in [2.45, 2.75) is 50.9 Å². The first kappa shape index (κ1) is 13.1. The molecule has 6 heteroatoms. The predicted molar refractivity (Wildman–Crippen MR) is 70.7 cm³/mol. The fraction of sp³-hybridized carbons (Fsp3) is 0.846. The van der Waals surface area contributed by atoms with E-state index in [1.54, 1.807) is 0 Å². The van der Waals surface area contributed by atoms with E-state index in [1.807, 2.05) is 0 Å². The second-order valence-electron chi connectivity index (χ2n) is 5.96. The van der Waals surface area contributed by atoms with Gasteiger partial charge in [0.2, 0.25) is 5.89 Å². The van der Waals surface area contributed by atoms with Gasteiger partial charge in [0.25, 0.3) is 0 Å². The van der Waals surface area contributed by atoms with E-state index >= 15 is 0 Å². The molecule has 19 heavy (non-hydrogen) atoms. The second-order valence-corrected chi connectivity index (χ2v) is 8.19. The highest BCUT2D eigenvalue weighted by Gasteiger charge is 2.34. The molecular weight excluding hydrogens is 264 g/mol. The zero-order chi connectivity index (χ0) is 13.5. The van der Waals surface area contributed by atoms with Crippen LogP contribution in [0, 0.1) is 5.92 Å². The van der Waals surface area contributed by atoms with Gasteiger partial charge in [0.05, 0.1) is 17.4 Å². The first-order valence-electron chi connectivity index (χ1n) is 7.09. The summed E-state index contributed by atoms with van der Waals surface area (Å²) in [5, 5.41) is 4.10. The maximum absolute atomic E-state index is 11.5. The monoisotopic (exact) mass is 284 g/mol. The summed E-state index contributed by atoms with van der Waals surface area (Å²) in [5.74, 6) is 2.59. The highest BCUT2D eigenvalue weighted by atomic mass is 32.2. The Morgan fingerprint density at radius 2 is 2.00 bits per heavy atom. The van der Waals surface area contributed by atoms with Gasteiger partial charge < -0.3 is 4.52 Å². The van der Waals surface area contributed by atoms with Gasteiger partial charge in [-0.25, -0.2) is 8.42 Å². The van der Waals surface area contributed by atoms with E-state index < -0.39 is 9.84 Å². The van der Waals surface area contributed by atoms with Crippen LogP contribution in [0.2, 0.25) is 0 Å². The van der Waals surface area contributed by atoms with Gasteiger partial charge in [-0.05, 0) is 18.8 Å². The number of sulfone groups is 1. The summed E-state index contributed by atoms with van der Waals surface area (Å²) in [6.45, 7) is 2.24. The Morgan fingerprint density at radius 1 is 1.21 bits per heavy atom. The Labute approximate surface area is 113 Å². The molecular formula is C13H20N2O3S. The molecule has 1 aliphatic heterocycles. The summed E-state index contributed by atoms with van der Waals surface area (Å²) in [4.78, 5) is 4.49. The maximum Gasteiger partial charge on any atom is 0.230 e. The van der Waals surface area contributed by atoms with Crippen molar-refractivity contribution in [2.24, 2.45) is 5.92 Å². The summed E-state index contributed by atoms with van der Waals surface area (Å²) >= 11 is 0. The van der Waals surface area contributed by atoms with Crippen LogP contribution < -0.4 is 0 Å². The van der Waals surface area contributed by atoms with Crippen LogP contribution in [-0.2, 0) is 9.84 Å². The second kappa shape index (κ2) is 4.89. The zero-order valence-corrected chi connectivity index (χ0v) is 12.0. The summed E-state index contributed by atoms with van der Waals surface area (Å²) in [6, 6.07) is 0. The minimum absolute atomic E-state index is 0.0925. The molecule has 1 aromatic heterocycles. The third-order valence-corrected chi connectivity index (χ3v) is 6.25. The quantitative estimate of drug-likeness (QED) is 0.833. The minimum atomic E-state index is -2.90. The van der Waals surface area contributed by atoms with Crippen LogP contribution in [0.1, 0.15) is 62.6 Å². The molecule has 1 saturated carbocycles. The minimum Gasteiger partial charge on any atom is -0.339 e. The van der Waals surface area contributed by atoms with E-state index in [-0.39, 0.29) is 17.4 Å². The van der Waals surface area contributed by atoms with E-state index in [4.69, 9.17) is 4.52 Å². The van der Waals surface area contributed by atoms with Crippen LogP contribution in [0.25, 0.3) is 0 Å². The smallest absolute Gasteiger partial charge is 0.230 e. The van der Waals surface area contributed by atoms with Gasteiger partial charge in [0.1, 0.15) is 0 Å². The normalized spacial score (nSPS) is 34.5. The molecule has 2 aliphatic rings. The molecule has 0 aromatic carbocycles. The van der Waals surface area contributed by atoms with Gasteiger partial charge in [-0.3, -0.25) is 0 Å². The average Bonchev–Trinajstić information content (AvgIpc) is 2.96. The molecule has 0 spiro atoms. The third-order valence-electron chi connectivity index (χ3n) is 4.48. The van der Waals surface area contributed by atoms with Gasteiger partial charge >= 0.3 is 0 Å². The van der Waals surface area contributed by atoms with Gasteiger partial charge in [-0.1, -0.05) is 31.3 Å². The fourth-order valence-electron chi connectivity index (χ4n) is 3.25. The van der Waals surface area contributed by atoms with E-state index in [9.17, 15) is 8.42 Å². The lowest BCUT2D eigenvalue weighted by molar-refractivity contribution is 0.303. The van der Waals surface area contributed by atoms with Crippen LogP contribution in [0.4, 0.5) is 0 Å². The number of hydrogen-bond acceptors (Lipinski definition) is 5. The molecule has 0 N–H and O–H groups in total. The van der Waals surface area contributed by atoms with Crippen molar-refractivity contribution in [3.05, 3.63) is 11.7 Å². The van der Waals surface area contributed by atoms with Gasteiger partial charge in [0, 0.05) is 5.92 Å². The van der Waals surface area contributed by atoms with Crippen LogP contribution in [0.15, 0.2) is 4.52 Å². The summed E-state index contributed by atoms with van der Waals surface area (Å²) in [5.41, 5.74) is 0. The van der Waals surface area contributed by atoms with Crippen molar-refractivity contribution in [2.75, 3.05) is 11.5 Å². The Bertz CT molecular complexity index is 552. The molecule has 2 fully saturated rings. The first-order chi connectivity index (χ1) is 9.05. The summed E-state index contributed by atoms with van der Waals surface area (Å²) in [6.07, 6.45) is 5.44. The Kier molecular flexibility index (Phi) is 3.37. The lowest BCUT2D eigenvalue weighted by Gasteiger charge is -2.25. The molecule has 0 radical (unpaired) electrons. The van der Waals surface area contributed by atoms with Crippen molar-refractivity contribution in [1.82, 2.24) is 10.1 Å². The van der Waals surface area contributed by atoms with Gasteiger partial charge in [-0.2, -0.15) is 4.98 Å². The predicted octanol–water partition coefficient (Wildman–Crippen LogP) is 2.27. The molecule has 1 aliphatic carbocycles. The SMILES string of the molecule is C[C@@H]1CCCC[C@H]1c1noc([C@@H]2CCS(=O)(=O)C2)n1. The highest BCUT2D eigenvalue weighted by Crippen LogP contribution is 2.37. The Morgan fingerprint density at radius 3 is 2.68 bits per heavy atom. The van der Waals surface area contributed by atoms with Crippen molar-refractivity contribution in [3.63, 3.8) is 0 Å². The number of nitrogens with zero attached hydrogens (tertiary/aromatic N) is 2. The van der Waals surface area contributed by atoms with E-state index in [2.05, 4.69) is 17.1 Å². The standard InChI is InChI=1S/C13H20N2O3S/c1-9-4-2-3-5-11(9)12-14-13(18-15-12)10-6-7-19(16,17)8-10/h9-11H,2-8H2,1H3/t9-,10-,11-/m1/s1. The molecule has 106 valence electrons. The van der Waals surface area contributed by atoms with Crippen molar-refractivity contribution < 1.29 is 12.9 Å². The molecule has 1 saturated heterocycles. The maximum atomic E-state index is 11.5. The van der Waals surface area contributed by atoms with Crippen LogP contribution >= 0.6 is 0 Å². The van der Waals surface area contributed by atoms with E-state index in [1.165, 1.54) is 19.3 Å². The van der Waals surface area contributed by atoms with Crippen LogP contribution in [0.5, 0.6) is 0 Å². The van der Waals surface area contributed by atoms with Crippen LogP contribution in [-0.4, -0.2) is 30.1 Å². The topological polar surface area (TPSA) is 73.1 Å². The average molecular weight is 284 g/mol. The molecule has 0 unspecified atom stereocenters. The molecule has 3 rings (SSSR count). The van der Waals surface area contributed by atoms with Crippen LogP contribution in [0.3, 0.4) is 0 Å². The molecule has 0 amide bonds. The molecule has 1 aromatic rings. The first-order valence-corrected chi connectivity index (χ1v) is 8.91. The fourth-order valence-corrected chi connectivity index (χ4v) is 4.99. The van der Waals surface area contributed by atoms with Gasteiger partial charge in [-0.15, -0.1) is 0 Å². The Balaban J connectivity index is 1.76. The van der Waals surface area contributed by atoms with Crippen molar-refractivity contribution >= 4 is 9.84 Å². The van der Waals surface area contributed by atoms with Gasteiger partial charge in [0.15, 0.2) is 15.7 Å². The number of hydrogen-bond donors (Lipinski definition) is 0. The molecule has 0 bridgehead atoms. The van der Waals surface area contributed by atoms with Crippen molar-refractivity contribution in [1.29, 1.82) is 0 Å². The Hall–Kier alpha value is -0.910. The summed E-state index contributed by atoms with van der Waals surface area (Å²) in [7, 11) is -2.90. The highest BCUT2D eigenvalue weighted by molar-refractivity contribution is 7.91. The number of aromatic nitrogens is 2. The lowest BCUT2D eigenvalue weighted by Crippen LogP contribution is -2.16. The van der Waals surface area contributed by atoms with Crippen molar-refractivity contribution in [3.8, 4) is 0 Å². The molecule has 3 atom stereocenters. The summed E-state index contributed by atoms with van der Waals surface area (Å²) < 4.78 is 28.3.